The van der Waals surface area contributed by atoms with Crippen LogP contribution in [0.15, 0.2) is 59.5 Å². The van der Waals surface area contributed by atoms with E-state index in [1.54, 1.807) is 6.20 Å². The van der Waals surface area contributed by atoms with Gasteiger partial charge in [-0.1, -0.05) is 24.3 Å². The number of pyridine rings is 1. The van der Waals surface area contributed by atoms with E-state index in [2.05, 4.69) is 45.2 Å². The van der Waals surface area contributed by atoms with Crippen molar-refractivity contribution in [2.75, 3.05) is 6.54 Å². The fraction of sp³-hybridized carbons (Fsp3) is 0.190. The number of H-pyrrole nitrogens is 1. The first-order valence-corrected chi connectivity index (χ1v) is 9.81. The van der Waals surface area contributed by atoms with Crippen molar-refractivity contribution < 1.29 is 0 Å². The van der Waals surface area contributed by atoms with E-state index in [1.165, 1.54) is 15.0 Å². The number of aromatic nitrogens is 3. The molecule has 1 aliphatic rings. The van der Waals surface area contributed by atoms with Crippen LogP contribution in [0, 0.1) is 0 Å². The molecule has 0 bridgehead atoms. The van der Waals surface area contributed by atoms with Crippen LogP contribution in [0.25, 0.3) is 21.6 Å². The summed E-state index contributed by atoms with van der Waals surface area (Å²) >= 11 is 1.84. The van der Waals surface area contributed by atoms with Gasteiger partial charge in [0.05, 0.1) is 5.69 Å². The highest BCUT2D eigenvalue weighted by molar-refractivity contribution is 7.19. The Labute approximate surface area is 160 Å². The van der Waals surface area contributed by atoms with Gasteiger partial charge in [0, 0.05) is 41.0 Å². The quantitative estimate of drug-likeness (QED) is 0.595. The highest BCUT2D eigenvalue weighted by Crippen LogP contribution is 2.27. The first-order valence-electron chi connectivity index (χ1n) is 8.99. The number of nitrogens with one attached hydrogen (secondary N) is 1. The van der Waals surface area contributed by atoms with Crippen LogP contribution in [0.5, 0.6) is 0 Å². The molecule has 134 valence electrons. The summed E-state index contributed by atoms with van der Waals surface area (Å²) in [5.74, 6) is 0.545. The molecule has 0 aliphatic carbocycles. The van der Waals surface area contributed by atoms with E-state index < -0.39 is 0 Å². The molecule has 0 amide bonds. The molecule has 0 spiro atoms. The van der Waals surface area contributed by atoms with Gasteiger partial charge in [-0.2, -0.15) is 0 Å². The molecular formula is C21H18N4OS. The lowest BCUT2D eigenvalue weighted by Gasteiger charge is -2.27. The molecule has 1 aromatic carbocycles. The van der Waals surface area contributed by atoms with Crippen molar-refractivity contribution in [1.82, 2.24) is 19.9 Å². The first-order chi connectivity index (χ1) is 13.3. The van der Waals surface area contributed by atoms with Crippen LogP contribution in [0.1, 0.15) is 16.1 Å². The van der Waals surface area contributed by atoms with Crippen molar-refractivity contribution >= 4 is 21.4 Å². The predicted molar refractivity (Wildman–Crippen MR) is 108 cm³/mol. The van der Waals surface area contributed by atoms with Crippen LogP contribution in [-0.2, 0) is 19.5 Å². The van der Waals surface area contributed by atoms with E-state index in [4.69, 9.17) is 4.98 Å². The SMILES string of the molecule is O=c1[nH]c(-c2ccccn2)nc2c1CCN(Cc1cc3ccccc3s1)C2. The van der Waals surface area contributed by atoms with E-state index in [9.17, 15) is 4.79 Å². The molecule has 1 N–H and O–H groups in total. The number of aromatic amines is 1. The van der Waals surface area contributed by atoms with Crippen molar-refractivity contribution in [1.29, 1.82) is 0 Å². The molecular weight excluding hydrogens is 356 g/mol. The number of nitrogens with zero attached hydrogens (tertiary/aromatic N) is 3. The molecule has 5 rings (SSSR count). The largest absolute Gasteiger partial charge is 0.305 e. The predicted octanol–water partition coefficient (Wildman–Crippen LogP) is 3.60. The molecule has 3 aromatic heterocycles. The van der Waals surface area contributed by atoms with Gasteiger partial charge in [-0.15, -0.1) is 11.3 Å². The van der Waals surface area contributed by atoms with E-state index in [1.807, 2.05) is 29.5 Å². The number of fused-ring (bicyclic) bond motifs is 2. The van der Waals surface area contributed by atoms with E-state index >= 15 is 0 Å². The first kappa shape index (κ1) is 16.4. The minimum absolute atomic E-state index is 0.0397. The van der Waals surface area contributed by atoms with Crippen molar-refractivity contribution in [3.8, 4) is 11.5 Å². The van der Waals surface area contributed by atoms with Crippen LogP contribution >= 0.6 is 11.3 Å². The van der Waals surface area contributed by atoms with E-state index in [0.29, 0.717) is 18.1 Å². The summed E-state index contributed by atoms with van der Waals surface area (Å²) in [5.41, 5.74) is 2.33. The van der Waals surface area contributed by atoms with Crippen molar-refractivity contribution in [2.45, 2.75) is 19.5 Å². The van der Waals surface area contributed by atoms with Gasteiger partial charge in [-0.3, -0.25) is 14.7 Å². The average Bonchev–Trinajstić information content (AvgIpc) is 3.10. The second-order valence-electron chi connectivity index (χ2n) is 6.77. The summed E-state index contributed by atoms with van der Waals surface area (Å²) in [7, 11) is 0. The van der Waals surface area contributed by atoms with E-state index in [-0.39, 0.29) is 5.56 Å². The smallest absolute Gasteiger partial charge is 0.254 e. The maximum atomic E-state index is 12.5. The zero-order valence-electron chi connectivity index (χ0n) is 14.7. The molecule has 0 atom stereocenters. The third-order valence-corrected chi connectivity index (χ3v) is 6.02. The normalized spacial score (nSPS) is 14.4. The standard InChI is InChI=1S/C21H18N4OS/c26-21-16-8-10-25(12-15-11-14-5-1-2-7-19(14)27-15)13-18(16)23-20(24-21)17-6-3-4-9-22-17/h1-7,9,11H,8,10,12-13H2,(H,23,24,26). The van der Waals surface area contributed by atoms with Gasteiger partial charge in [0.2, 0.25) is 0 Å². The van der Waals surface area contributed by atoms with Crippen molar-refractivity contribution in [3.05, 3.63) is 81.2 Å². The summed E-state index contributed by atoms with van der Waals surface area (Å²) in [5, 5.41) is 1.29. The number of hydrogen-bond acceptors (Lipinski definition) is 5. The average molecular weight is 374 g/mol. The van der Waals surface area contributed by atoms with Crippen LogP contribution in [-0.4, -0.2) is 26.4 Å². The monoisotopic (exact) mass is 374 g/mol. The van der Waals surface area contributed by atoms with Crippen LogP contribution in [0.3, 0.4) is 0 Å². The summed E-state index contributed by atoms with van der Waals surface area (Å²) in [6.45, 7) is 2.44. The van der Waals surface area contributed by atoms with Gasteiger partial charge in [0.1, 0.15) is 5.69 Å². The Balaban J connectivity index is 1.43. The molecule has 0 radical (unpaired) electrons. The second kappa shape index (κ2) is 6.72. The Morgan fingerprint density at radius 1 is 1.15 bits per heavy atom. The maximum absolute atomic E-state index is 12.5. The number of rotatable bonds is 3. The Kier molecular flexibility index (Phi) is 4.07. The molecule has 0 fully saturated rings. The molecule has 6 heteroatoms. The maximum Gasteiger partial charge on any atom is 0.254 e. The molecule has 4 aromatic rings. The lowest BCUT2D eigenvalue weighted by Crippen LogP contribution is -2.34. The van der Waals surface area contributed by atoms with Crippen LogP contribution in [0.2, 0.25) is 0 Å². The molecule has 0 saturated heterocycles. The van der Waals surface area contributed by atoms with Crippen LogP contribution < -0.4 is 5.56 Å². The Hall–Kier alpha value is -2.83. The summed E-state index contributed by atoms with van der Waals surface area (Å²) in [6, 6.07) is 16.3. The van der Waals surface area contributed by atoms with Crippen LogP contribution in [0.4, 0.5) is 0 Å². The van der Waals surface area contributed by atoms with Gasteiger partial charge in [-0.05, 0) is 36.1 Å². The minimum Gasteiger partial charge on any atom is -0.305 e. The lowest BCUT2D eigenvalue weighted by atomic mass is 10.1. The molecule has 0 saturated carbocycles. The highest BCUT2D eigenvalue weighted by atomic mass is 32.1. The molecule has 27 heavy (non-hydrogen) atoms. The summed E-state index contributed by atoms with van der Waals surface area (Å²) in [4.78, 5) is 28.1. The second-order valence-corrected chi connectivity index (χ2v) is 7.93. The Morgan fingerprint density at radius 2 is 2.04 bits per heavy atom. The molecule has 0 unspecified atom stereocenters. The van der Waals surface area contributed by atoms with Gasteiger partial charge in [0.25, 0.3) is 5.56 Å². The van der Waals surface area contributed by atoms with E-state index in [0.717, 1.165) is 30.8 Å². The third-order valence-electron chi connectivity index (χ3n) is 4.92. The number of benzene rings is 1. The zero-order chi connectivity index (χ0) is 18.2. The van der Waals surface area contributed by atoms with Gasteiger partial charge < -0.3 is 4.98 Å². The van der Waals surface area contributed by atoms with Gasteiger partial charge in [-0.25, -0.2) is 4.98 Å². The van der Waals surface area contributed by atoms with Gasteiger partial charge >= 0.3 is 0 Å². The zero-order valence-corrected chi connectivity index (χ0v) is 15.5. The van der Waals surface area contributed by atoms with Gasteiger partial charge in [0.15, 0.2) is 5.82 Å². The van der Waals surface area contributed by atoms with Crippen molar-refractivity contribution in [2.24, 2.45) is 0 Å². The number of hydrogen-bond donors (Lipinski definition) is 1. The molecule has 5 nitrogen and oxygen atoms in total. The Bertz CT molecular complexity index is 1130. The lowest BCUT2D eigenvalue weighted by molar-refractivity contribution is 0.243. The topological polar surface area (TPSA) is 61.9 Å². The minimum atomic E-state index is -0.0397. The summed E-state index contributed by atoms with van der Waals surface area (Å²) < 4.78 is 1.32. The fourth-order valence-electron chi connectivity index (χ4n) is 3.59. The number of thiophene rings is 1. The Morgan fingerprint density at radius 3 is 2.89 bits per heavy atom. The summed E-state index contributed by atoms with van der Waals surface area (Å²) in [6.07, 6.45) is 2.44. The molecule has 4 heterocycles. The third kappa shape index (κ3) is 3.18. The highest BCUT2D eigenvalue weighted by Gasteiger charge is 2.22. The molecule has 1 aliphatic heterocycles. The van der Waals surface area contributed by atoms with Crippen molar-refractivity contribution in [3.63, 3.8) is 0 Å². The fourth-order valence-corrected chi connectivity index (χ4v) is 4.69.